The van der Waals surface area contributed by atoms with Crippen molar-refractivity contribution in [3.63, 3.8) is 0 Å². The van der Waals surface area contributed by atoms with Gasteiger partial charge in [0.15, 0.2) is 5.78 Å². The van der Waals surface area contributed by atoms with E-state index >= 15 is 0 Å². The molecule has 2 nitrogen and oxygen atoms in total. The Labute approximate surface area is 182 Å². The molecule has 1 aromatic carbocycles. The predicted octanol–water partition coefficient (Wildman–Crippen LogP) is 6.51. The average Bonchev–Trinajstić information content (AvgIpc) is 3.05. The summed E-state index contributed by atoms with van der Waals surface area (Å²) in [5.41, 5.74) is 3.19. The monoisotopic (exact) mass is 408 g/mol. The Balaban J connectivity index is 1.36. The first kappa shape index (κ1) is 20.7. The van der Waals surface area contributed by atoms with Gasteiger partial charge in [-0.15, -0.1) is 0 Å². The second kappa shape index (κ2) is 7.19. The van der Waals surface area contributed by atoms with E-state index in [0.717, 1.165) is 54.4 Å². The number of Topliss-reactive ketones (excluding diaryl/α,β-unsaturated/α-hetero) is 1. The van der Waals surface area contributed by atoms with Gasteiger partial charge in [0, 0.05) is 11.5 Å². The largest absolute Gasteiger partial charge is 0.390 e. The summed E-state index contributed by atoms with van der Waals surface area (Å²) in [5.74, 6) is 4.54. The molecule has 8 atom stereocenters. The van der Waals surface area contributed by atoms with E-state index in [4.69, 9.17) is 0 Å². The maximum atomic E-state index is 13.6. The lowest BCUT2D eigenvalue weighted by atomic mass is 9.49. The lowest BCUT2D eigenvalue weighted by molar-refractivity contribution is -0.0976. The van der Waals surface area contributed by atoms with Crippen molar-refractivity contribution in [2.75, 3.05) is 0 Å². The first-order valence-electron chi connectivity index (χ1n) is 12.5. The highest BCUT2D eigenvalue weighted by atomic mass is 16.3. The minimum atomic E-state index is -0.436. The molecule has 0 heterocycles. The van der Waals surface area contributed by atoms with Crippen LogP contribution in [0.2, 0.25) is 0 Å². The van der Waals surface area contributed by atoms with Crippen molar-refractivity contribution >= 4 is 5.78 Å². The fraction of sp³-hybridized carbons (Fsp3) is 0.750. The topological polar surface area (TPSA) is 37.3 Å². The number of hydrogen-bond donors (Lipinski definition) is 1. The van der Waals surface area contributed by atoms with E-state index in [1.165, 1.54) is 49.7 Å². The first-order chi connectivity index (χ1) is 14.2. The zero-order valence-corrected chi connectivity index (χ0v) is 19.4. The van der Waals surface area contributed by atoms with Gasteiger partial charge in [-0.3, -0.25) is 4.79 Å². The Kier molecular flexibility index (Phi) is 4.97. The van der Waals surface area contributed by atoms with Gasteiger partial charge >= 0.3 is 0 Å². The Morgan fingerprint density at radius 3 is 2.43 bits per heavy atom. The summed E-state index contributed by atoms with van der Waals surface area (Å²) in [6.07, 6.45) is 10.7. The van der Waals surface area contributed by atoms with Crippen LogP contribution in [0.15, 0.2) is 18.2 Å². The molecule has 1 N–H and O–H groups in total. The van der Waals surface area contributed by atoms with E-state index in [9.17, 15) is 9.90 Å². The van der Waals surface area contributed by atoms with Crippen molar-refractivity contribution < 1.29 is 9.90 Å². The second-order valence-corrected chi connectivity index (χ2v) is 12.0. The van der Waals surface area contributed by atoms with Crippen molar-refractivity contribution in [3.8, 4) is 0 Å². The quantitative estimate of drug-likeness (QED) is 0.567. The van der Waals surface area contributed by atoms with Crippen molar-refractivity contribution in [2.45, 2.75) is 91.1 Å². The lowest BCUT2D eigenvalue weighted by Crippen LogP contribution is -2.51. The summed E-state index contributed by atoms with van der Waals surface area (Å²) in [4.78, 5) is 13.6. The molecule has 0 spiro atoms. The number of ketones is 1. The van der Waals surface area contributed by atoms with Crippen molar-refractivity contribution in [2.24, 2.45) is 40.9 Å². The van der Waals surface area contributed by atoms with Crippen LogP contribution in [-0.4, -0.2) is 16.5 Å². The van der Waals surface area contributed by atoms with Crippen molar-refractivity contribution in [3.05, 3.63) is 34.9 Å². The highest BCUT2D eigenvalue weighted by molar-refractivity contribution is 5.98. The summed E-state index contributed by atoms with van der Waals surface area (Å²) < 4.78 is 0. The van der Waals surface area contributed by atoms with Gasteiger partial charge < -0.3 is 5.11 Å². The van der Waals surface area contributed by atoms with Gasteiger partial charge in [-0.05, 0) is 131 Å². The van der Waals surface area contributed by atoms with Crippen LogP contribution < -0.4 is 0 Å². The van der Waals surface area contributed by atoms with Gasteiger partial charge in [0.25, 0.3) is 0 Å². The van der Waals surface area contributed by atoms with Crippen LogP contribution in [0.5, 0.6) is 0 Å². The third kappa shape index (κ3) is 3.20. The normalized spacial score (nSPS) is 45.4. The lowest BCUT2D eigenvalue weighted by Gasteiger charge is -2.56. The Hall–Kier alpha value is -1.15. The van der Waals surface area contributed by atoms with Crippen LogP contribution in [0, 0.1) is 54.8 Å². The molecule has 4 saturated carbocycles. The number of rotatable bonds is 2. The number of benzene rings is 1. The molecule has 0 saturated heterocycles. The molecule has 0 aromatic heterocycles. The Morgan fingerprint density at radius 1 is 0.900 bits per heavy atom. The maximum Gasteiger partial charge on any atom is 0.166 e. The van der Waals surface area contributed by atoms with Crippen LogP contribution in [0.1, 0.15) is 93.1 Å². The van der Waals surface area contributed by atoms with Crippen LogP contribution in [0.4, 0.5) is 0 Å². The fourth-order valence-corrected chi connectivity index (χ4v) is 8.61. The summed E-state index contributed by atoms with van der Waals surface area (Å²) in [7, 11) is 0. The summed E-state index contributed by atoms with van der Waals surface area (Å²) in [6.45, 7) is 8.75. The summed E-state index contributed by atoms with van der Waals surface area (Å²) in [6, 6.07) is 6.30. The summed E-state index contributed by atoms with van der Waals surface area (Å²) in [5, 5.41) is 10.6. The zero-order valence-electron chi connectivity index (χ0n) is 19.4. The standard InChI is InChI=1S/C28H40O2/c1-17-5-6-19(15-18(17)2)26(29)25-10-9-24-23-8-7-20-16-27(3,30)13-11-21(20)22(23)12-14-28(24,25)4/h5-6,15,20-25,30H,7-14,16H2,1-4H3/t20-,21-,22?,23+,24-,25+,27+,28-/m0/s1. The van der Waals surface area contributed by atoms with Gasteiger partial charge in [0.05, 0.1) is 5.60 Å². The van der Waals surface area contributed by atoms with Crippen LogP contribution in [-0.2, 0) is 0 Å². The number of carbonyl (C=O) groups excluding carboxylic acids is 1. The fourth-order valence-electron chi connectivity index (χ4n) is 8.61. The Morgan fingerprint density at radius 2 is 1.67 bits per heavy atom. The van der Waals surface area contributed by atoms with Gasteiger partial charge in [0.2, 0.25) is 0 Å². The van der Waals surface area contributed by atoms with Crippen molar-refractivity contribution in [1.82, 2.24) is 0 Å². The van der Waals surface area contributed by atoms with E-state index in [1.54, 1.807) is 0 Å². The maximum absolute atomic E-state index is 13.6. The van der Waals surface area contributed by atoms with Crippen LogP contribution >= 0.6 is 0 Å². The second-order valence-electron chi connectivity index (χ2n) is 12.0. The minimum Gasteiger partial charge on any atom is -0.390 e. The van der Waals surface area contributed by atoms with E-state index in [1.807, 2.05) is 6.92 Å². The third-order valence-electron chi connectivity index (χ3n) is 10.3. The molecule has 0 amide bonds. The zero-order chi connectivity index (χ0) is 21.3. The van der Waals surface area contributed by atoms with Crippen LogP contribution in [0.25, 0.3) is 0 Å². The average molecular weight is 409 g/mol. The van der Waals surface area contributed by atoms with Gasteiger partial charge in [-0.25, -0.2) is 0 Å². The van der Waals surface area contributed by atoms with Crippen LogP contribution in [0.3, 0.4) is 0 Å². The molecule has 1 aromatic rings. The number of aryl methyl sites for hydroxylation is 2. The first-order valence-corrected chi connectivity index (χ1v) is 12.5. The van der Waals surface area contributed by atoms with E-state index in [-0.39, 0.29) is 11.3 Å². The van der Waals surface area contributed by atoms with Gasteiger partial charge in [0.1, 0.15) is 0 Å². The molecule has 4 aliphatic carbocycles. The minimum absolute atomic E-state index is 0.185. The SMILES string of the molecule is Cc1ccc(C(=O)[C@H]2CC[C@H]3[C@@H]4CC[C@H]5C[C@](C)(O)CC[C@@H]5C4CC[C@]23C)cc1C. The summed E-state index contributed by atoms with van der Waals surface area (Å²) >= 11 is 0. The number of aliphatic hydroxyl groups is 1. The molecule has 4 aliphatic rings. The molecule has 1 unspecified atom stereocenters. The van der Waals surface area contributed by atoms with Crippen molar-refractivity contribution in [1.29, 1.82) is 0 Å². The molecule has 30 heavy (non-hydrogen) atoms. The third-order valence-corrected chi connectivity index (χ3v) is 10.3. The predicted molar refractivity (Wildman–Crippen MR) is 121 cm³/mol. The molecular formula is C28H40O2. The number of hydrogen-bond acceptors (Lipinski definition) is 2. The van der Waals surface area contributed by atoms with E-state index in [0.29, 0.717) is 5.78 Å². The Bertz CT molecular complexity index is 839. The van der Waals surface area contributed by atoms with E-state index in [2.05, 4.69) is 39.0 Å². The smallest absolute Gasteiger partial charge is 0.166 e. The molecule has 164 valence electrons. The highest BCUT2D eigenvalue weighted by Crippen LogP contribution is 2.65. The molecule has 4 fully saturated rings. The number of carbonyl (C=O) groups is 1. The molecule has 0 bridgehead atoms. The van der Waals surface area contributed by atoms with Gasteiger partial charge in [-0.2, -0.15) is 0 Å². The van der Waals surface area contributed by atoms with E-state index < -0.39 is 5.60 Å². The number of fused-ring (bicyclic) bond motifs is 5. The molecule has 0 aliphatic heterocycles. The molecular weight excluding hydrogens is 368 g/mol. The molecule has 0 radical (unpaired) electrons. The molecule has 2 heteroatoms. The highest BCUT2D eigenvalue weighted by Gasteiger charge is 2.58. The van der Waals surface area contributed by atoms with Gasteiger partial charge in [-0.1, -0.05) is 19.1 Å². The molecule has 5 rings (SSSR count).